The highest BCUT2D eigenvalue weighted by Gasteiger charge is 2.11. The third-order valence-corrected chi connectivity index (χ3v) is 5.18. The van der Waals surface area contributed by atoms with Crippen molar-refractivity contribution in [2.45, 2.75) is 6.92 Å². The number of hydrogen-bond donors (Lipinski definition) is 0. The van der Waals surface area contributed by atoms with E-state index in [4.69, 9.17) is 9.97 Å². The predicted octanol–water partition coefficient (Wildman–Crippen LogP) is 6.94. The number of rotatable bonds is 3. The van der Waals surface area contributed by atoms with Crippen molar-refractivity contribution in [3.8, 4) is 33.8 Å². The van der Waals surface area contributed by atoms with Crippen molar-refractivity contribution in [3.05, 3.63) is 109 Å². The zero-order valence-corrected chi connectivity index (χ0v) is 16.2. The first-order valence-corrected chi connectivity index (χ1v) is 9.78. The fraction of sp³-hybridized carbons (Fsp3) is 0.0370. The van der Waals surface area contributed by atoms with Crippen molar-refractivity contribution < 1.29 is 0 Å². The van der Waals surface area contributed by atoms with Gasteiger partial charge in [-0.05, 0) is 24.1 Å². The van der Waals surface area contributed by atoms with Gasteiger partial charge in [0.1, 0.15) is 0 Å². The Morgan fingerprint density at radius 3 is 1.83 bits per heavy atom. The van der Waals surface area contributed by atoms with Gasteiger partial charge in [0, 0.05) is 16.5 Å². The van der Waals surface area contributed by atoms with Crippen LogP contribution in [0.3, 0.4) is 0 Å². The van der Waals surface area contributed by atoms with Crippen molar-refractivity contribution >= 4 is 10.9 Å². The molecule has 0 N–H and O–H groups in total. The molecule has 0 fully saturated rings. The molecule has 0 spiro atoms. The summed E-state index contributed by atoms with van der Waals surface area (Å²) in [5, 5.41) is 1.07. The average molecular weight is 372 g/mol. The smallest absolute Gasteiger partial charge is 0.160 e. The highest BCUT2D eigenvalue weighted by atomic mass is 14.9. The van der Waals surface area contributed by atoms with E-state index >= 15 is 0 Å². The van der Waals surface area contributed by atoms with Crippen LogP contribution in [0.1, 0.15) is 5.56 Å². The van der Waals surface area contributed by atoms with Crippen LogP contribution in [0.2, 0.25) is 0 Å². The molecular weight excluding hydrogens is 352 g/mol. The summed E-state index contributed by atoms with van der Waals surface area (Å²) < 4.78 is 0. The maximum atomic E-state index is 4.96. The van der Waals surface area contributed by atoms with E-state index in [-0.39, 0.29) is 0 Å². The molecule has 0 saturated heterocycles. The van der Waals surface area contributed by atoms with E-state index in [0.717, 1.165) is 33.5 Å². The Labute approximate surface area is 170 Å². The second kappa shape index (κ2) is 7.33. The molecular formula is C27H20N2. The molecule has 0 unspecified atom stereocenters. The van der Waals surface area contributed by atoms with Crippen molar-refractivity contribution in [2.24, 2.45) is 0 Å². The van der Waals surface area contributed by atoms with Gasteiger partial charge in [-0.25, -0.2) is 9.97 Å². The highest BCUT2D eigenvalue weighted by molar-refractivity contribution is 5.93. The molecule has 138 valence electrons. The van der Waals surface area contributed by atoms with E-state index in [1.807, 2.05) is 18.2 Å². The minimum absolute atomic E-state index is 0.755. The molecule has 0 bridgehead atoms. The number of aromatic nitrogens is 2. The zero-order valence-electron chi connectivity index (χ0n) is 16.2. The van der Waals surface area contributed by atoms with Gasteiger partial charge >= 0.3 is 0 Å². The number of fused-ring (bicyclic) bond motifs is 1. The van der Waals surface area contributed by atoms with E-state index < -0.39 is 0 Å². The molecule has 4 aromatic carbocycles. The first-order chi connectivity index (χ1) is 14.3. The molecule has 1 aromatic heterocycles. The van der Waals surface area contributed by atoms with Gasteiger partial charge < -0.3 is 0 Å². The van der Waals surface area contributed by atoms with Crippen molar-refractivity contribution in [1.29, 1.82) is 0 Å². The largest absolute Gasteiger partial charge is 0.228 e. The Balaban J connectivity index is 1.64. The quantitative estimate of drug-likeness (QED) is 0.343. The van der Waals surface area contributed by atoms with Crippen LogP contribution < -0.4 is 0 Å². The molecule has 0 aliphatic heterocycles. The van der Waals surface area contributed by atoms with E-state index in [1.165, 1.54) is 16.7 Å². The molecule has 2 nitrogen and oxygen atoms in total. The highest BCUT2D eigenvalue weighted by Crippen LogP contribution is 2.30. The van der Waals surface area contributed by atoms with Crippen molar-refractivity contribution in [1.82, 2.24) is 9.97 Å². The molecule has 0 saturated carbocycles. The van der Waals surface area contributed by atoms with Crippen LogP contribution in [0, 0.1) is 6.92 Å². The van der Waals surface area contributed by atoms with E-state index in [1.54, 1.807) is 0 Å². The standard InChI is InChI=1S/C27H20N2/c1-19-11-13-23(14-12-19)27-28-25-10-6-5-9-24(25)26(29-27)22-17-15-21(16-18-22)20-7-3-2-4-8-20/h2-18H,1H3. The molecule has 0 atom stereocenters. The number of hydrogen-bond acceptors (Lipinski definition) is 2. The first kappa shape index (κ1) is 17.3. The normalized spacial score (nSPS) is 10.9. The van der Waals surface area contributed by atoms with Gasteiger partial charge in [0.05, 0.1) is 11.2 Å². The fourth-order valence-electron chi connectivity index (χ4n) is 3.58. The molecule has 0 aliphatic carbocycles. The van der Waals surface area contributed by atoms with Gasteiger partial charge in [-0.15, -0.1) is 0 Å². The fourth-order valence-corrected chi connectivity index (χ4v) is 3.58. The Bertz CT molecular complexity index is 1270. The van der Waals surface area contributed by atoms with Gasteiger partial charge in [-0.1, -0.05) is 103 Å². The molecule has 29 heavy (non-hydrogen) atoms. The summed E-state index contributed by atoms with van der Waals surface area (Å²) in [5.74, 6) is 0.755. The van der Waals surface area contributed by atoms with E-state index in [9.17, 15) is 0 Å². The first-order valence-electron chi connectivity index (χ1n) is 9.78. The molecule has 5 aromatic rings. The Hall–Kier alpha value is -3.78. The predicted molar refractivity (Wildman–Crippen MR) is 121 cm³/mol. The lowest BCUT2D eigenvalue weighted by Crippen LogP contribution is -1.95. The summed E-state index contributed by atoms with van der Waals surface area (Å²) in [6.45, 7) is 2.09. The monoisotopic (exact) mass is 372 g/mol. The summed E-state index contributed by atoms with van der Waals surface area (Å²) in [6, 6.07) is 35.6. The maximum Gasteiger partial charge on any atom is 0.160 e. The van der Waals surface area contributed by atoms with Gasteiger partial charge in [0.2, 0.25) is 0 Å². The number of aryl methyl sites for hydroxylation is 1. The molecule has 2 heteroatoms. The third kappa shape index (κ3) is 3.41. The Kier molecular flexibility index (Phi) is 4.38. The summed E-state index contributed by atoms with van der Waals surface area (Å²) in [4.78, 5) is 9.78. The molecule has 0 radical (unpaired) electrons. The second-order valence-corrected chi connectivity index (χ2v) is 7.22. The van der Waals surface area contributed by atoms with Gasteiger partial charge in [-0.2, -0.15) is 0 Å². The van der Waals surface area contributed by atoms with Gasteiger partial charge in [-0.3, -0.25) is 0 Å². The average Bonchev–Trinajstić information content (AvgIpc) is 2.79. The van der Waals surface area contributed by atoms with E-state index in [2.05, 4.69) is 91.9 Å². The SMILES string of the molecule is Cc1ccc(-c2nc(-c3ccc(-c4ccccc4)cc3)c3ccccc3n2)cc1. The number of nitrogens with zero attached hydrogens (tertiary/aromatic N) is 2. The van der Waals surface area contributed by atoms with Crippen LogP contribution in [-0.4, -0.2) is 9.97 Å². The number of para-hydroxylation sites is 1. The lowest BCUT2D eigenvalue weighted by molar-refractivity contribution is 1.23. The van der Waals surface area contributed by atoms with Gasteiger partial charge in [0.15, 0.2) is 5.82 Å². The summed E-state index contributed by atoms with van der Waals surface area (Å²) in [7, 11) is 0. The van der Waals surface area contributed by atoms with Crippen LogP contribution in [0.4, 0.5) is 0 Å². The zero-order chi connectivity index (χ0) is 19.6. The maximum absolute atomic E-state index is 4.96. The minimum atomic E-state index is 0.755. The second-order valence-electron chi connectivity index (χ2n) is 7.22. The van der Waals surface area contributed by atoms with Crippen LogP contribution in [0.5, 0.6) is 0 Å². The van der Waals surface area contributed by atoms with Crippen molar-refractivity contribution in [3.63, 3.8) is 0 Å². The van der Waals surface area contributed by atoms with Gasteiger partial charge in [0.25, 0.3) is 0 Å². The molecule has 0 aliphatic rings. The topological polar surface area (TPSA) is 25.8 Å². The van der Waals surface area contributed by atoms with Crippen LogP contribution >= 0.6 is 0 Å². The lowest BCUT2D eigenvalue weighted by atomic mass is 10.0. The van der Waals surface area contributed by atoms with E-state index in [0.29, 0.717) is 0 Å². The summed E-state index contributed by atoms with van der Waals surface area (Å²) in [6.07, 6.45) is 0. The van der Waals surface area contributed by atoms with Crippen LogP contribution in [0.25, 0.3) is 44.7 Å². The Morgan fingerprint density at radius 1 is 0.483 bits per heavy atom. The lowest BCUT2D eigenvalue weighted by Gasteiger charge is -2.10. The van der Waals surface area contributed by atoms with Crippen molar-refractivity contribution in [2.75, 3.05) is 0 Å². The molecule has 5 rings (SSSR count). The third-order valence-electron chi connectivity index (χ3n) is 5.18. The summed E-state index contributed by atoms with van der Waals surface area (Å²) >= 11 is 0. The Morgan fingerprint density at radius 2 is 1.07 bits per heavy atom. The minimum Gasteiger partial charge on any atom is -0.228 e. The molecule has 0 amide bonds. The van der Waals surface area contributed by atoms with Crippen LogP contribution in [-0.2, 0) is 0 Å². The summed E-state index contributed by atoms with van der Waals surface area (Å²) in [5.41, 5.74) is 7.69. The van der Waals surface area contributed by atoms with Crippen LogP contribution in [0.15, 0.2) is 103 Å². The molecule has 1 heterocycles. The number of benzene rings is 4.